The Morgan fingerprint density at radius 3 is 2.64 bits per heavy atom. The zero-order valence-corrected chi connectivity index (χ0v) is 17.4. The van der Waals surface area contributed by atoms with Crippen molar-refractivity contribution >= 4 is 27.5 Å². The van der Waals surface area contributed by atoms with E-state index < -0.39 is 0 Å². The molecule has 6 heteroatoms. The molecular formula is C22H25N3O2S. The highest BCUT2D eigenvalue weighted by Crippen LogP contribution is 2.40. The van der Waals surface area contributed by atoms with Gasteiger partial charge in [-0.15, -0.1) is 11.3 Å². The maximum atomic E-state index is 13.4. The van der Waals surface area contributed by atoms with E-state index in [-0.39, 0.29) is 5.91 Å². The molecule has 0 radical (unpaired) electrons. The lowest BCUT2D eigenvalue weighted by Crippen LogP contribution is -2.33. The van der Waals surface area contributed by atoms with Gasteiger partial charge in [-0.05, 0) is 37.8 Å². The number of carbonyl (C=O) groups excluding carboxylic acids is 1. The fourth-order valence-corrected chi connectivity index (χ4v) is 4.70. The van der Waals surface area contributed by atoms with Gasteiger partial charge in [-0.1, -0.05) is 30.3 Å². The number of benzene rings is 1. The van der Waals surface area contributed by atoms with E-state index in [1.807, 2.05) is 49.1 Å². The molecule has 1 aromatic carbocycles. The van der Waals surface area contributed by atoms with Gasteiger partial charge in [0, 0.05) is 31.5 Å². The fourth-order valence-electron chi connectivity index (χ4n) is 3.49. The van der Waals surface area contributed by atoms with E-state index in [1.165, 1.54) is 24.2 Å². The summed E-state index contributed by atoms with van der Waals surface area (Å²) in [6, 6.07) is 10.1. The Morgan fingerprint density at radius 2 is 1.96 bits per heavy atom. The third kappa shape index (κ3) is 3.80. The zero-order valence-electron chi connectivity index (χ0n) is 16.6. The Bertz CT molecular complexity index is 996. The van der Waals surface area contributed by atoms with Gasteiger partial charge in [0.1, 0.15) is 10.7 Å². The molecule has 1 amide bonds. The van der Waals surface area contributed by atoms with Crippen LogP contribution in [0.25, 0.3) is 10.2 Å². The molecule has 1 fully saturated rings. The number of amides is 1. The molecule has 0 bridgehead atoms. The summed E-state index contributed by atoms with van der Waals surface area (Å²) in [6.45, 7) is 5.66. The van der Waals surface area contributed by atoms with E-state index >= 15 is 0 Å². The van der Waals surface area contributed by atoms with Crippen molar-refractivity contribution in [2.24, 2.45) is 0 Å². The summed E-state index contributed by atoms with van der Waals surface area (Å²) in [5, 5.41) is 1.03. The molecule has 3 aromatic rings. The monoisotopic (exact) mass is 395 g/mol. The number of hydrogen-bond donors (Lipinski definition) is 0. The van der Waals surface area contributed by atoms with Crippen molar-refractivity contribution in [1.82, 2.24) is 14.9 Å². The van der Waals surface area contributed by atoms with Crippen molar-refractivity contribution in [3.8, 4) is 0 Å². The molecule has 0 unspecified atom stereocenters. The fraction of sp³-hybridized carbons (Fsp3) is 0.409. The van der Waals surface area contributed by atoms with E-state index in [0.29, 0.717) is 25.6 Å². The minimum atomic E-state index is 0.0359. The van der Waals surface area contributed by atoms with Crippen LogP contribution in [0.4, 0.5) is 0 Å². The Kier molecular flexibility index (Phi) is 5.42. The Morgan fingerprint density at radius 1 is 1.21 bits per heavy atom. The van der Waals surface area contributed by atoms with Crippen LogP contribution in [0.2, 0.25) is 0 Å². The van der Waals surface area contributed by atoms with Crippen LogP contribution in [0.5, 0.6) is 0 Å². The quantitative estimate of drug-likeness (QED) is 0.592. The molecule has 4 rings (SSSR count). The molecule has 2 aromatic heterocycles. The first kappa shape index (κ1) is 19.0. The molecule has 0 aliphatic heterocycles. The van der Waals surface area contributed by atoms with Crippen molar-refractivity contribution < 1.29 is 9.53 Å². The molecular weight excluding hydrogens is 370 g/mol. The van der Waals surface area contributed by atoms with Gasteiger partial charge in [0.2, 0.25) is 0 Å². The lowest BCUT2D eigenvalue weighted by atomic mass is 10.1. The van der Waals surface area contributed by atoms with Crippen LogP contribution in [-0.2, 0) is 11.3 Å². The van der Waals surface area contributed by atoms with Gasteiger partial charge < -0.3 is 9.64 Å². The number of carbonyl (C=O) groups is 1. The average molecular weight is 396 g/mol. The van der Waals surface area contributed by atoms with Gasteiger partial charge in [0.05, 0.1) is 17.2 Å². The number of methoxy groups -OCH3 is 1. The molecule has 1 aliphatic rings. The van der Waals surface area contributed by atoms with Crippen molar-refractivity contribution in [2.45, 2.75) is 39.2 Å². The Labute approximate surface area is 169 Å². The van der Waals surface area contributed by atoms with Gasteiger partial charge in [-0.3, -0.25) is 4.79 Å². The van der Waals surface area contributed by atoms with Gasteiger partial charge in [0.15, 0.2) is 0 Å². The van der Waals surface area contributed by atoms with Crippen molar-refractivity contribution in [1.29, 1.82) is 0 Å². The molecule has 28 heavy (non-hydrogen) atoms. The molecule has 146 valence electrons. The second-order valence-electron chi connectivity index (χ2n) is 7.38. The summed E-state index contributed by atoms with van der Waals surface area (Å²) in [5.74, 6) is 1.47. The van der Waals surface area contributed by atoms with Crippen LogP contribution in [0, 0.1) is 13.8 Å². The van der Waals surface area contributed by atoms with Crippen molar-refractivity contribution in [3.05, 3.63) is 57.9 Å². The van der Waals surface area contributed by atoms with Crippen molar-refractivity contribution in [2.75, 3.05) is 20.3 Å². The number of ether oxygens (including phenoxy) is 1. The second kappa shape index (κ2) is 7.97. The first-order chi connectivity index (χ1) is 13.6. The zero-order chi connectivity index (χ0) is 19.7. The maximum absolute atomic E-state index is 13.4. The van der Waals surface area contributed by atoms with E-state index in [4.69, 9.17) is 14.7 Å². The highest BCUT2D eigenvalue weighted by Gasteiger charge is 2.29. The number of aryl methyl sites for hydroxylation is 2. The molecule has 5 nitrogen and oxygen atoms in total. The van der Waals surface area contributed by atoms with Crippen LogP contribution in [0.3, 0.4) is 0 Å². The predicted molar refractivity (Wildman–Crippen MR) is 112 cm³/mol. The Balaban J connectivity index is 1.68. The molecule has 0 spiro atoms. The first-order valence-electron chi connectivity index (χ1n) is 9.68. The van der Waals surface area contributed by atoms with E-state index in [2.05, 4.69) is 0 Å². The maximum Gasteiger partial charge on any atom is 0.264 e. The van der Waals surface area contributed by atoms with E-state index in [0.717, 1.165) is 37.7 Å². The molecule has 1 saturated carbocycles. The number of rotatable bonds is 7. The summed E-state index contributed by atoms with van der Waals surface area (Å²) in [4.78, 5) is 26.5. The number of aromatic nitrogens is 2. The molecule has 0 atom stereocenters. The smallest absolute Gasteiger partial charge is 0.264 e. The van der Waals surface area contributed by atoms with Gasteiger partial charge in [-0.25, -0.2) is 9.97 Å². The third-order valence-corrected chi connectivity index (χ3v) is 6.37. The van der Waals surface area contributed by atoms with E-state index in [1.54, 1.807) is 7.11 Å². The minimum Gasteiger partial charge on any atom is -0.383 e. The minimum absolute atomic E-state index is 0.0359. The number of nitrogens with zero attached hydrogens (tertiary/aromatic N) is 3. The largest absolute Gasteiger partial charge is 0.383 e. The Hall–Kier alpha value is -2.31. The number of thiophene rings is 1. The summed E-state index contributed by atoms with van der Waals surface area (Å²) < 4.78 is 5.24. The van der Waals surface area contributed by atoms with Crippen LogP contribution in [-0.4, -0.2) is 41.0 Å². The van der Waals surface area contributed by atoms with Gasteiger partial charge in [0.25, 0.3) is 5.91 Å². The molecule has 0 saturated heterocycles. The van der Waals surface area contributed by atoms with Crippen LogP contribution in [0.15, 0.2) is 30.3 Å². The molecule has 2 heterocycles. The van der Waals surface area contributed by atoms with Crippen LogP contribution < -0.4 is 0 Å². The topological polar surface area (TPSA) is 55.3 Å². The third-order valence-electron chi connectivity index (χ3n) is 5.19. The first-order valence-corrected chi connectivity index (χ1v) is 10.5. The highest BCUT2D eigenvalue weighted by molar-refractivity contribution is 7.20. The SMILES string of the molecule is COCCN(Cc1ccccc1)C(=O)c1sc2nc(C3CC3)nc(C)c2c1C. The standard InChI is InChI=1S/C22H25N3O2S/c1-14-18-15(2)23-20(17-9-10-17)24-21(18)28-19(14)22(26)25(11-12-27-3)13-16-7-5-4-6-8-16/h4-8,17H,9-13H2,1-3H3. The number of hydrogen-bond acceptors (Lipinski definition) is 5. The summed E-state index contributed by atoms with van der Waals surface area (Å²) in [6.07, 6.45) is 2.34. The lowest BCUT2D eigenvalue weighted by molar-refractivity contribution is 0.0684. The lowest BCUT2D eigenvalue weighted by Gasteiger charge is -2.22. The molecule has 0 N–H and O–H groups in total. The van der Waals surface area contributed by atoms with Crippen molar-refractivity contribution in [3.63, 3.8) is 0 Å². The normalized spacial score (nSPS) is 13.8. The summed E-state index contributed by atoms with van der Waals surface area (Å²) >= 11 is 1.49. The average Bonchev–Trinajstić information content (AvgIpc) is 3.49. The van der Waals surface area contributed by atoms with Crippen LogP contribution in [0.1, 0.15) is 51.1 Å². The predicted octanol–water partition coefficient (Wildman–Crippen LogP) is 4.47. The summed E-state index contributed by atoms with van der Waals surface area (Å²) in [5.41, 5.74) is 3.07. The van der Waals surface area contributed by atoms with Gasteiger partial charge in [-0.2, -0.15) is 0 Å². The van der Waals surface area contributed by atoms with Gasteiger partial charge >= 0.3 is 0 Å². The molecule has 1 aliphatic carbocycles. The summed E-state index contributed by atoms with van der Waals surface area (Å²) in [7, 11) is 1.66. The van der Waals surface area contributed by atoms with Crippen LogP contribution >= 0.6 is 11.3 Å². The van der Waals surface area contributed by atoms with E-state index in [9.17, 15) is 4.79 Å². The second-order valence-corrected chi connectivity index (χ2v) is 8.38. The highest BCUT2D eigenvalue weighted by atomic mass is 32.1. The number of fused-ring (bicyclic) bond motifs is 1.